The fourth-order valence-corrected chi connectivity index (χ4v) is 2.41. The molecule has 2 aromatic rings. The number of aliphatic imine (C=N–C) groups is 1. The molecule has 0 aromatic carbocycles. The van der Waals surface area contributed by atoms with Gasteiger partial charge in [-0.25, -0.2) is 4.98 Å². The molecule has 5 nitrogen and oxygen atoms in total. The van der Waals surface area contributed by atoms with E-state index in [1.807, 2.05) is 12.1 Å². The fraction of sp³-hybridized carbons (Fsp3) is 0.412. The summed E-state index contributed by atoms with van der Waals surface area (Å²) in [5, 5.41) is 3.86. The minimum atomic E-state index is 0.521. The third-order valence-corrected chi connectivity index (χ3v) is 3.82. The lowest BCUT2D eigenvalue weighted by atomic mass is 10.2. The Bertz CT molecular complexity index is 633. The molecule has 0 atom stereocenters. The highest BCUT2D eigenvalue weighted by Gasteiger charge is 2.08. The highest BCUT2D eigenvalue weighted by atomic mass is 35.5. The number of pyridine rings is 1. The molecule has 0 bridgehead atoms. The van der Waals surface area contributed by atoms with Gasteiger partial charge in [-0.2, -0.15) is 0 Å². The van der Waals surface area contributed by atoms with Crippen molar-refractivity contribution in [1.29, 1.82) is 0 Å². The van der Waals surface area contributed by atoms with E-state index in [0.29, 0.717) is 11.7 Å². The molecule has 0 unspecified atom stereocenters. The molecule has 2 rings (SSSR count). The van der Waals surface area contributed by atoms with Crippen LogP contribution >= 0.6 is 11.6 Å². The van der Waals surface area contributed by atoms with E-state index in [-0.39, 0.29) is 0 Å². The molecule has 0 aliphatic carbocycles. The molecule has 6 heteroatoms. The van der Waals surface area contributed by atoms with Crippen LogP contribution in [0.2, 0.25) is 5.15 Å². The molecule has 0 aliphatic rings. The van der Waals surface area contributed by atoms with Gasteiger partial charge in [-0.3, -0.25) is 4.99 Å². The number of nitrogens with one attached hydrogen (secondary N) is 1. The minimum absolute atomic E-state index is 0.521. The number of nitrogens with zero attached hydrogens (tertiary/aromatic N) is 4. The largest absolute Gasteiger partial charge is 0.357 e. The zero-order valence-corrected chi connectivity index (χ0v) is 14.7. The quantitative estimate of drug-likeness (QED) is 0.502. The summed E-state index contributed by atoms with van der Waals surface area (Å²) < 4.78 is 2.12. The van der Waals surface area contributed by atoms with E-state index in [1.54, 1.807) is 6.20 Å². The zero-order valence-electron chi connectivity index (χ0n) is 14.0. The third kappa shape index (κ3) is 5.28. The van der Waals surface area contributed by atoms with Gasteiger partial charge in [0.05, 0.1) is 6.54 Å². The van der Waals surface area contributed by atoms with Gasteiger partial charge in [0, 0.05) is 45.3 Å². The summed E-state index contributed by atoms with van der Waals surface area (Å²) in [4.78, 5) is 10.9. The SMILES string of the molecule is CCNC(=NCCc1ccc(Cl)nc1)N(C)Cc1cccn1C. The lowest BCUT2D eigenvalue weighted by Crippen LogP contribution is -2.39. The molecule has 0 spiro atoms. The second kappa shape index (κ2) is 8.58. The first kappa shape index (κ1) is 17.3. The van der Waals surface area contributed by atoms with Gasteiger partial charge in [-0.05, 0) is 37.1 Å². The smallest absolute Gasteiger partial charge is 0.194 e. The van der Waals surface area contributed by atoms with Crippen LogP contribution < -0.4 is 5.32 Å². The van der Waals surface area contributed by atoms with Crippen LogP contribution in [0.25, 0.3) is 0 Å². The predicted molar refractivity (Wildman–Crippen MR) is 95.8 cm³/mol. The number of rotatable bonds is 6. The van der Waals surface area contributed by atoms with E-state index in [2.05, 4.69) is 59.1 Å². The van der Waals surface area contributed by atoms with Gasteiger partial charge in [0.15, 0.2) is 5.96 Å². The van der Waals surface area contributed by atoms with Crippen molar-refractivity contribution in [2.24, 2.45) is 12.0 Å². The monoisotopic (exact) mass is 333 g/mol. The van der Waals surface area contributed by atoms with Crippen molar-refractivity contribution in [3.05, 3.63) is 53.1 Å². The van der Waals surface area contributed by atoms with E-state index in [0.717, 1.165) is 31.0 Å². The lowest BCUT2D eigenvalue weighted by Gasteiger charge is -2.22. The molecule has 2 heterocycles. The average molecular weight is 334 g/mol. The molecule has 1 N–H and O–H groups in total. The summed E-state index contributed by atoms with van der Waals surface area (Å²) in [7, 11) is 4.11. The van der Waals surface area contributed by atoms with Crippen molar-refractivity contribution in [3.8, 4) is 0 Å². The first-order valence-electron chi connectivity index (χ1n) is 7.80. The Morgan fingerprint density at radius 2 is 2.22 bits per heavy atom. The van der Waals surface area contributed by atoms with Crippen molar-refractivity contribution < 1.29 is 0 Å². The van der Waals surface area contributed by atoms with Crippen LogP contribution in [0.1, 0.15) is 18.2 Å². The highest BCUT2D eigenvalue weighted by molar-refractivity contribution is 6.29. The van der Waals surface area contributed by atoms with Gasteiger partial charge in [-0.1, -0.05) is 17.7 Å². The molecule has 0 saturated heterocycles. The second-order valence-electron chi connectivity index (χ2n) is 5.44. The number of hydrogen-bond donors (Lipinski definition) is 1. The van der Waals surface area contributed by atoms with Crippen LogP contribution in [-0.2, 0) is 20.0 Å². The molecule has 0 aliphatic heterocycles. The lowest BCUT2D eigenvalue weighted by molar-refractivity contribution is 0.462. The van der Waals surface area contributed by atoms with Crippen molar-refractivity contribution in [1.82, 2.24) is 19.8 Å². The molecular formula is C17H24ClN5. The molecule has 0 saturated carbocycles. The summed E-state index contributed by atoms with van der Waals surface area (Å²) in [5.41, 5.74) is 2.39. The normalized spacial score (nSPS) is 11.6. The second-order valence-corrected chi connectivity index (χ2v) is 5.83. The number of guanidine groups is 1. The Morgan fingerprint density at radius 3 is 2.83 bits per heavy atom. The Labute approximate surface area is 143 Å². The summed E-state index contributed by atoms with van der Waals surface area (Å²) in [6, 6.07) is 7.99. The van der Waals surface area contributed by atoms with Crippen molar-refractivity contribution >= 4 is 17.6 Å². The standard InChI is InChI=1S/C17H24ClN5/c1-4-19-17(23(3)13-15-6-5-11-22(15)2)20-10-9-14-7-8-16(18)21-12-14/h5-8,11-12H,4,9-10,13H2,1-3H3,(H,19,20). The van der Waals surface area contributed by atoms with Gasteiger partial charge >= 0.3 is 0 Å². The van der Waals surface area contributed by atoms with Crippen molar-refractivity contribution in [2.75, 3.05) is 20.1 Å². The first-order chi connectivity index (χ1) is 11.1. The number of halogens is 1. The van der Waals surface area contributed by atoms with Crippen LogP contribution in [-0.4, -0.2) is 40.5 Å². The maximum Gasteiger partial charge on any atom is 0.194 e. The number of aryl methyl sites for hydroxylation is 1. The predicted octanol–water partition coefficient (Wildman–Crippen LogP) is 2.71. The maximum atomic E-state index is 5.80. The van der Waals surface area contributed by atoms with Gasteiger partial charge in [0.1, 0.15) is 5.15 Å². The third-order valence-electron chi connectivity index (χ3n) is 3.60. The molecule has 0 amide bonds. The van der Waals surface area contributed by atoms with Crippen LogP contribution in [0.15, 0.2) is 41.7 Å². The molecule has 0 radical (unpaired) electrons. The molecule has 0 fully saturated rings. The van der Waals surface area contributed by atoms with Crippen LogP contribution in [0.3, 0.4) is 0 Å². The number of hydrogen-bond acceptors (Lipinski definition) is 2. The first-order valence-corrected chi connectivity index (χ1v) is 8.18. The Hall–Kier alpha value is -2.01. The minimum Gasteiger partial charge on any atom is -0.357 e. The molecular weight excluding hydrogens is 310 g/mol. The van der Waals surface area contributed by atoms with Gasteiger partial charge in [-0.15, -0.1) is 0 Å². The van der Waals surface area contributed by atoms with Crippen LogP contribution in [0.4, 0.5) is 0 Å². The van der Waals surface area contributed by atoms with Crippen LogP contribution in [0.5, 0.6) is 0 Å². The van der Waals surface area contributed by atoms with E-state index < -0.39 is 0 Å². The van der Waals surface area contributed by atoms with Gasteiger partial charge < -0.3 is 14.8 Å². The van der Waals surface area contributed by atoms with Crippen molar-refractivity contribution in [2.45, 2.75) is 19.9 Å². The summed E-state index contributed by atoms with van der Waals surface area (Å²) >= 11 is 5.80. The zero-order chi connectivity index (χ0) is 16.7. The fourth-order valence-electron chi connectivity index (χ4n) is 2.29. The van der Waals surface area contributed by atoms with Gasteiger partial charge in [0.2, 0.25) is 0 Å². The molecule has 124 valence electrons. The van der Waals surface area contributed by atoms with E-state index in [4.69, 9.17) is 16.6 Å². The Balaban J connectivity index is 1.95. The van der Waals surface area contributed by atoms with Crippen LogP contribution in [0, 0.1) is 0 Å². The van der Waals surface area contributed by atoms with E-state index in [9.17, 15) is 0 Å². The molecule has 23 heavy (non-hydrogen) atoms. The summed E-state index contributed by atoms with van der Waals surface area (Å²) in [5.74, 6) is 0.913. The number of aromatic nitrogens is 2. The maximum absolute atomic E-state index is 5.80. The summed E-state index contributed by atoms with van der Waals surface area (Å²) in [6.45, 7) is 4.45. The van der Waals surface area contributed by atoms with E-state index >= 15 is 0 Å². The average Bonchev–Trinajstić information content (AvgIpc) is 2.93. The Morgan fingerprint density at radius 1 is 1.39 bits per heavy atom. The molecule has 2 aromatic heterocycles. The van der Waals surface area contributed by atoms with E-state index in [1.165, 1.54) is 5.69 Å². The van der Waals surface area contributed by atoms with Gasteiger partial charge in [0.25, 0.3) is 0 Å². The topological polar surface area (TPSA) is 45.5 Å². The van der Waals surface area contributed by atoms with Crippen molar-refractivity contribution in [3.63, 3.8) is 0 Å². The highest BCUT2D eigenvalue weighted by Crippen LogP contribution is 2.07. The summed E-state index contributed by atoms with van der Waals surface area (Å²) in [6.07, 6.45) is 4.70. The Kier molecular flexibility index (Phi) is 6.47.